The van der Waals surface area contributed by atoms with Crippen molar-refractivity contribution in [1.29, 1.82) is 0 Å². The van der Waals surface area contributed by atoms with Crippen LogP contribution in [0, 0.1) is 11.6 Å². The second-order valence-corrected chi connectivity index (χ2v) is 10.6. The summed E-state index contributed by atoms with van der Waals surface area (Å²) in [5.74, 6) is -3.01. The van der Waals surface area contributed by atoms with Gasteiger partial charge < -0.3 is 19.1 Å². The van der Waals surface area contributed by atoms with Crippen LogP contribution in [0.15, 0.2) is 64.9 Å². The molecular weight excluding hydrogens is 556 g/mol. The molecule has 2 aliphatic heterocycles. The van der Waals surface area contributed by atoms with E-state index in [0.29, 0.717) is 11.1 Å². The number of thiophene rings is 1. The van der Waals surface area contributed by atoms with Gasteiger partial charge >= 0.3 is 6.16 Å². The molecule has 1 aliphatic carbocycles. The van der Waals surface area contributed by atoms with Gasteiger partial charge in [0.1, 0.15) is 6.17 Å². The molecule has 208 valence electrons. The first-order valence-corrected chi connectivity index (χ1v) is 13.6. The second-order valence-electron chi connectivity index (χ2n) is 9.67. The zero-order chi connectivity index (χ0) is 28.4. The molecule has 2 aromatic heterocycles. The van der Waals surface area contributed by atoms with Gasteiger partial charge in [0.2, 0.25) is 11.2 Å². The number of carbonyl (C=O) groups is 2. The Morgan fingerprint density at radius 3 is 2.71 bits per heavy atom. The van der Waals surface area contributed by atoms with Crippen molar-refractivity contribution in [2.45, 2.75) is 12.2 Å². The Balaban J connectivity index is 1.56. The molecule has 7 rings (SSSR count). The fourth-order valence-electron chi connectivity index (χ4n) is 5.92. The standard InChI is InChI=1S/C29H21F2N3O6S/c1-38-29(37)40-26-20(35)8-10-33-25(26)28(36)32-11-12-39-14-21(32)34(33)24-15-4-2-3-5-16(15)27-18(9-13-41-27)22-17(24)6-7-19(30)23(22)31/h2-10,13,21,24H,11-12,14H2,1H3/t21-,24-/m1/s1. The highest BCUT2D eigenvalue weighted by molar-refractivity contribution is 7.14. The Morgan fingerprint density at radius 1 is 1.05 bits per heavy atom. The molecule has 1 saturated heterocycles. The molecule has 41 heavy (non-hydrogen) atoms. The summed E-state index contributed by atoms with van der Waals surface area (Å²) in [7, 11) is 1.09. The number of pyridine rings is 1. The van der Waals surface area contributed by atoms with Gasteiger partial charge in [-0.2, -0.15) is 0 Å². The summed E-state index contributed by atoms with van der Waals surface area (Å²) >= 11 is 1.41. The quantitative estimate of drug-likeness (QED) is 0.324. The Bertz CT molecular complexity index is 1800. The fourth-order valence-corrected chi connectivity index (χ4v) is 6.87. The van der Waals surface area contributed by atoms with Crippen LogP contribution in [-0.2, 0) is 9.47 Å². The lowest BCUT2D eigenvalue weighted by Gasteiger charge is -2.51. The van der Waals surface area contributed by atoms with E-state index in [9.17, 15) is 18.8 Å². The van der Waals surface area contributed by atoms with Crippen molar-refractivity contribution in [1.82, 2.24) is 9.58 Å². The fraction of sp³-hybridized carbons (Fsp3) is 0.207. The number of morpholine rings is 1. The molecule has 0 bridgehead atoms. The molecule has 9 nitrogen and oxygen atoms in total. The van der Waals surface area contributed by atoms with Gasteiger partial charge in [0.25, 0.3) is 5.91 Å². The third-order valence-electron chi connectivity index (χ3n) is 7.63. The lowest BCUT2D eigenvalue weighted by atomic mass is 9.92. The van der Waals surface area contributed by atoms with Gasteiger partial charge in [-0.25, -0.2) is 13.6 Å². The number of carbonyl (C=O) groups excluding carboxylic acids is 2. The number of methoxy groups -OCH3 is 1. The molecule has 1 amide bonds. The predicted molar refractivity (Wildman–Crippen MR) is 145 cm³/mol. The topological polar surface area (TPSA) is 90.3 Å². The molecule has 3 aliphatic rings. The van der Waals surface area contributed by atoms with E-state index in [2.05, 4.69) is 4.74 Å². The predicted octanol–water partition coefficient (Wildman–Crippen LogP) is 4.52. The highest BCUT2D eigenvalue weighted by atomic mass is 32.1. The minimum absolute atomic E-state index is 0.101. The molecule has 4 aromatic rings. The van der Waals surface area contributed by atoms with E-state index in [4.69, 9.17) is 9.47 Å². The summed E-state index contributed by atoms with van der Waals surface area (Å²) in [6.45, 7) is 0.534. The average Bonchev–Trinajstić information content (AvgIpc) is 3.43. The highest BCUT2D eigenvalue weighted by Gasteiger charge is 2.47. The zero-order valence-corrected chi connectivity index (χ0v) is 22.3. The first-order valence-electron chi connectivity index (χ1n) is 12.7. The lowest BCUT2D eigenvalue weighted by Crippen LogP contribution is -2.66. The van der Waals surface area contributed by atoms with Crippen LogP contribution in [0.4, 0.5) is 13.6 Å². The first kappa shape index (κ1) is 25.4. The number of benzene rings is 2. The minimum Gasteiger partial charge on any atom is -0.437 e. The number of fused-ring (bicyclic) bond motifs is 7. The number of rotatable bonds is 2. The van der Waals surface area contributed by atoms with Crippen LogP contribution in [0.1, 0.15) is 27.7 Å². The van der Waals surface area contributed by atoms with Gasteiger partial charge in [-0.1, -0.05) is 30.3 Å². The maximum atomic E-state index is 15.8. The van der Waals surface area contributed by atoms with Crippen molar-refractivity contribution >= 4 is 23.4 Å². The zero-order valence-electron chi connectivity index (χ0n) is 21.5. The van der Waals surface area contributed by atoms with Crippen molar-refractivity contribution in [3.8, 4) is 27.3 Å². The van der Waals surface area contributed by atoms with Crippen LogP contribution in [-0.4, -0.2) is 54.7 Å². The molecule has 2 atom stereocenters. The van der Waals surface area contributed by atoms with Gasteiger partial charge in [-0.3, -0.25) is 19.3 Å². The van der Waals surface area contributed by atoms with Crippen molar-refractivity contribution in [2.75, 3.05) is 31.9 Å². The normalized spacial score (nSPS) is 18.9. The third-order valence-corrected chi connectivity index (χ3v) is 8.58. The summed E-state index contributed by atoms with van der Waals surface area (Å²) in [5.41, 5.74) is 1.80. The molecule has 4 heterocycles. The highest BCUT2D eigenvalue weighted by Crippen LogP contribution is 2.51. The van der Waals surface area contributed by atoms with Crippen molar-refractivity contribution in [3.63, 3.8) is 0 Å². The van der Waals surface area contributed by atoms with Crippen LogP contribution >= 0.6 is 11.3 Å². The third kappa shape index (κ3) is 3.71. The number of aromatic nitrogens is 1. The van der Waals surface area contributed by atoms with Gasteiger partial charge in [0.15, 0.2) is 17.3 Å². The Labute approximate surface area is 235 Å². The van der Waals surface area contributed by atoms with Crippen LogP contribution in [0.25, 0.3) is 21.6 Å². The van der Waals surface area contributed by atoms with E-state index < -0.39 is 47.1 Å². The largest absolute Gasteiger partial charge is 0.513 e. The van der Waals surface area contributed by atoms with E-state index >= 15 is 4.39 Å². The Morgan fingerprint density at radius 2 is 1.88 bits per heavy atom. The number of ether oxygens (including phenoxy) is 3. The van der Waals surface area contributed by atoms with E-state index in [0.717, 1.165) is 29.2 Å². The molecule has 2 aromatic carbocycles. The lowest BCUT2D eigenvalue weighted by molar-refractivity contribution is -0.0197. The maximum Gasteiger partial charge on any atom is 0.513 e. The number of nitrogens with zero attached hydrogens (tertiary/aromatic N) is 3. The van der Waals surface area contributed by atoms with E-state index in [1.807, 2.05) is 29.6 Å². The van der Waals surface area contributed by atoms with Crippen molar-refractivity contribution in [3.05, 3.63) is 98.8 Å². The summed E-state index contributed by atoms with van der Waals surface area (Å²) in [5, 5.41) is 3.63. The smallest absolute Gasteiger partial charge is 0.437 e. The SMILES string of the molecule is COC(=O)Oc1c2n(ccc1=O)N([C@@H]1c3ccccc3-c3sccc3-c3c1ccc(F)c3F)[C@@H]1COCCN1C2=O. The van der Waals surface area contributed by atoms with Crippen molar-refractivity contribution < 1.29 is 32.6 Å². The summed E-state index contributed by atoms with van der Waals surface area (Å²) in [6.07, 6.45) is -0.451. The van der Waals surface area contributed by atoms with Crippen LogP contribution in [0.2, 0.25) is 0 Å². The average molecular weight is 578 g/mol. The van der Waals surface area contributed by atoms with E-state index in [1.54, 1.807) is 17.1 Å². The van der Waals surface area contributed by atoms with Gasteiger partial charge in [-0.05, 0) is 34.2 Å². The number of hydrogen-bond acceptors (Lipinski definition) is 8. The molecule has 12 heteroatoms. The number of halogens is 2. The summed E-state index contributed by atoms with van der Waals surface area (Å²) in [4.78, 5) is 41.2. The van der Waals surface area contributed by atoms with E-state index in [-0.39, 0.29) is 31.0 Å². The van der Waals surface area contributed by atoms with Crippen LogP contribution < -0.4 is 15.2 Å². The van der Waals surface area contributed by atoms with Gasteiger partial charge in [0.05, 0.1) is 26.4 Å². The molecule has 0 N–H and O–H groups in total. The first-order chi connectivity index (χ1) is 19.9. The molecule has 0 radical (unpaired) electrons. The number of hydrogen-bond donors (Lipinski definition) is 0. The van der Waals surface area contributed by atoms with Crippen molar-refractivity contribution in [2.24, 2.45) is 0 Å². The molecular formula is C29H21F2N3O6S. The molecule has 0 unspecified atom stereocenters. The van der Waals surface area contributed by atoms with E-state index in [1.165, 1.54) is 33.2 Å². The van der Waals surface area contributed by atoms with Crippen LogP contribution in [0.5, 0.6) is 5.75 Å². The Hall–Kier alpha value is -4.55. The summed E-state index contributed by atoms with van der Waals surface area (Å²) in [6, 6.07) is 12.3. The maximum absolute atomic E-state index is 15.8. The monoisotopic (exact) mass is 577 g/mol. The second kappa shape index (κ2) is 9.53. The molecule has 1 fully saturated rings. The minimum atomic E-state index is -1.16. The summed E-state index contributed by atoms with van der Waals surface area (Å²) < 4.78 is 47.6. The van der Waals surface area contributed by atoms with Gasteiger partial charge in [0, 0.05) is 34.8 Å². The number of amides is 1. The molecule has 0 spiro atoms. The Kier molecular flexibility index (Phi) is 5.91. The van der Waals surface area contributed by atoms with Gasteiger partial charge in [-0.15, -0.1) is 11.3 Å². The molecule has 0 saturated carbocycles. The van der Waals surface area contributed by atoms with Crippen LogP contribution in [0.3, 0.4) is 0 Å².